The van der Waals surface area contributed by atoms with Crippen LogP contribution in [-0.2, 0) is 4.74 Å². The van der Waals surface area contributed by atoms with Gasteiger partial charge in [-0.2, -0.15) is 0 Å². The summed E-state index contributed by atoms with van der Waals surface area (Å²) >= 11 is 0. The van der Waals surface area contributed by atoms with E-state index in [9.17, 15) is 8.78 Å². The Balaban J connectivity index is 1.54. The molecule has 2 aliphatic rings. The fraction of sp³-hybridized carbons (Fsp3) is 0.667. The fourth-order valence-corrected chi connectivity index (χ4v) is 3.84. The summed E-state index contributed by atoms with van der Waals surface area (Å²) < 4.78 is 33.0. The molecule has 2 aliphatic heterocycles. The lowest BCUT2D eigenvalue weighted by Crippen LogP contribution is -2.53. The van der Waals surface area contributed by atoms with E-state index < -0.39 is 5.82 Å². The smallest absolute Gasteiger partial charge is 0.194 e. The van der Waals surface area contributed by atoms with E-state index in [1.807, 2.05) is 4.90 Å². The molecule has 0 radical (unpaired) electrons. The summed E-state index contributed by atoms with van der Waals surface area (Å²) in [5.74, 6) is 0.579. The molecule has 6 nitrogen and oxygen atoms in total. The molecule has 162 valence electrons. The molecule has 0 aliphatic carbocycles. The van der Waals surface area contributed by atoms with Gasteiger partial charge in [0.25, 0.3) is 0 Å². The highest BCUT2D eigenvalue weighted by atomic mass is 19.1. The topological polar surface area (TPSA) is 43.3 Å². The maximum Gasteiger partial charge on any atom is 0.194 e. The third kappa shape index (κ3) is 6.27. The van der Waals surface area contributed by atoms with Gasteiger partial charge in [0.2, 0.25) is 0 Å². The number of morpholine rings is 1. The van der Waals surface area contributed by atoms with Crippen LogP contribution >= 0.6 is 0 Å². The highest BCUT2D eigenvalue weighted by molar-refractivity contribution is 5.80. The third-order valence-corrected chi connectivity index (χ3v) is 5.39. The van der Waals surface area contributed by atoms with Crippen LogP contribution in [0.1, 0.15) is 13.8 Å². The van der Waals surface area contributed by atoms with Crippen LogP contribution in [0.2, 0.25) is 0 Å². The maximum atomic E-state index is 14.1. The van der Waals surface area contributed by atoms with Gasteiger partial charge in [0.15, 0.2) is 5.96 Å². The molecule has 8 heteroatoms. The predicted octanol–water partition coefficient (Wildman–Crippen LogP) is 2.02. The van der Waals surface area contributed by atoms with Crippen LogP contribution in [0.25, 0.3) is 0 Å². The van der Waals surface area contributed by atoms with E-state index in [0.717, 1.165) is 71.1 Å². The van der Waals surface area contributed by atoms with Gasteiger partial charge in [-0.25, -0.2) is 8.78 Å². The molecule has 1 N–H and O–H groups in total. The summed E-state index contributed by atoms with van der Waals surface area (Å²) in [5, 5.41) is 3.38. The van der Waals surface area contributed by atoms with Crippen LogP contribution in [0.4, 0.5) is 14.5 Å². The molecular weight excluding hydrogens is 376 g/mol. The molecule has 3 rings (SSSR count). The number of hydrogen-bond donors (Lipinski definition) is 1. The normalized spacial score (nSPS) is 20.1. The number of benzene rings is 1. The molecule has 0 spiro atoms. The first kappa shape index (κ1) is 21.8. The predicted molar refractivity (Wildman–Crippen MR) is 113 cm³/mol. The molecule has 2 fully saturated rings. The van der Waals surface area contributed by atoms with E-state index in [1.165, 1.54) is 12.1 Å². The average molecular weight is 410 g/mol. The number of nitrogens with zero attached hydrogens (tertiary/aromatic N) is 4. The van der Waals surface area contributed by atoms with E-state index in [1.54, 1.807) is 0 Å². The SMILES string of the molecule is CCNC(=NCC(C)CN1CCOCC1)N1CCN(c2cc(F)ccc2F)CC1. The zero-order valence-electron chi connectivity index (χ0n) is 17.5. The van der Waals surface area contributed by atoms with Crippen molar-refractivity contribution in [3.8, 4) is 0 Å². The molecule has 2 heterocycles. The lowest BCUT2D eigenvalue weighted by atomic mass is 10.1. The Morgan fingerprint density at radius 2 is 1.86 bits per heavy atom. The van der Waals surface area contributed by atoms with Crippen LogP contribution < -0.4 is 10.2 Å². The lowest BCUT2D eigenvalue weighted by Gasteiger charge is -2.38. The van der Waals surface area contributed by atoms with Crippen molar-refractivity contribution in [1.82, 2.24) is 15.1 Å². The van der Waals surface area contributed by atoms with E-state index >= 15 is 0 Å². The number of rotatable bonds is 6. The van der Waals surface area contributed by atoms with Crippen LogP contribution in [0.15, 0.2) is 23.2 Å². The Hall–Kier alpha value is -1.93. The number of piperazine rings is 1. The van der Waals surface area contributed by atoms with Crippen molar-refractivity contribution in [2.45, 2.75) is 13.8 Å². The highest BCUT2D eigenvalue weighted by Gasteiger charge is 2.22. The summed E-state index contributed by atoms with van der Waals surface area (Å²) in [5.41, 5.74) is 0.339. The largest absolute Gasteiger partial charge is 0.379 e. The number of hydrogen-bond acceptors (Lipinski definition) is 4. The van der Waals surface area contributed by atoms with Gasteiger partial charge in [0, 0.05) is 65.0 Å². The van der Waals surface area contributed by atoms with Crippen molar-refractivity contribution in [3.05, 3.63) is 29.8 Å². The minimum absolute atomic E-state index is 0.339. The Morgan fingerprint density at radius 3 is 2.55 bits per heavy atom. The van der Waals surface area contributed by atoms with E-state index in [-0.39, 0.29) is 5.82 Å². The summed E-state index contributed by atoms with van der Waals surface area (Å²) in [6, 6.07) is 3.62. The van der Waals surface area contributed by atoms with E-state index in [0.29, 0.717) is 24.7 Å². The summed E-state index contributed by atoms with van der Waals surface area (Å²) in [7, 11) is 0. The third-order valence-electron chi connectivity index (χ3n) is 5.39. The number of anilines is 1. The van der Waals surface area contributed by atoms with Crippen molar-refractivity contribution in [2.24, 2.45) is 10.9 Å². The molecule has 1 atom stereocenters. The molecule has 2 saturated heterocycles. The lowest BCUT2D eigenvalue weighted by molar-refractivity contribution is 0.0323. The second-order valence-electron chi connectivity index (χ2n) is 7.78. The van der Waals surface area contributed by atoms with E-state index in [4.69, 9.17) is 9.73 Å². The molecule has 0 amide bonds. The molecular formula is C21H33F2N5O. The average Bonchev–Trinajstić information content (AvgIpc) is 2.74. The van der Waals surface area contributed by atoms with Crippen molar-refractivity contribution in [3.63, 3.8) is 0 Å². The number of guanidine groups is 1. The second kappa shape index (κ2) is 10.7. The number of aliphatic imine (C=N–C) groups is 1. The van der Waals surface area contributed by atoms with Crippen molar-refractivity contribution >= 4 is 11.6 Å². The zero-order valence-corrected chi connectivity index (χ0v) is 17.5. The minimum Gasteiger partial charge on any atom is -0.379 e. The zero-order chi connectivity index (χ0) is 20.6. The number of nitrogens with one attached hydrogen (secondary N) is 1. The number of ether oxygens (including phenoxy) is 1. The highest BCUT2D eigenvalue weighted by Crippen LogP contribution is 2.22. The van der Waals surface area contributed by atoms with Gasteiger partial charge in [-0.1, -0.05) is 6.92 Å². The van der Waals surface area contributed by atoms with Crippen molar-refractivity contribution in [2.75, 3.05) is 77.0 Å². The Kier molecular flexibility index (Phi) is 8.06. The fourth-order valence-electron chi connectivity index (χ4n) is 3.84. The van der Waals surface area contributed by atoms with Gasteiger partial charge in [-0.3, -0.25) is 9.89 Å². The van der Waals surface area contributed by atoms with Crippen LogP contribution in [0.5, 0.6) is 0 Å². The first-order chi connectivity index (χ1) is 14.1. The molecule has 0 aromatic heterocycles. The quantitative estimate of drug-likeness (QED) is 0.575. The monoisotopic (exact) mass is 409 g/mol. The number of halogens is 2. The van der Waals surface area contributed by atoms with Crippen molar-refractivity contribution < 1.29 is 13.5 Å². The summed E-state index contributed by atoms with van der Waals surface area (Å²) in [6.07, 6.45) is 0. The van der Waals surface area contributed by atoms with Gasteiger partial charge in [0.05, 0.1) is 18.9 Å². The van der Waals surface area contributed by atoms with Gasteiger partial charge in [-0.15, -0.1) is 0 Å². The molecule has 29 heavy (non-hydrogen) atoms. The second-order valence-corrected chi connectivity index (χ2v) is 7.78. The van der Waals surface area contributed by atoms with Gasteiger partial charge in [-0.05, 0) is 25.0 Å². The molecule has 1 aromatic carbocycles. The van der Waals surface area contributed by atoms with Gasteiger partial charge < -0.3 is 19.9 Å². The Morgan fingerprint density at radius 1 is 1.14 bits per heavy atom. The molecule has 1 unspecified atom stereocenters. The van der Waals surface area contributed by atoms with Crippen LogP contribution in [-0.4, -0.2) is 87.9 Å². The van der Waals surface area contributed by atoms with Gasteiger partial charge >= 0.3 is 0 Å². The standard InChI is InChI=1S/C21H33F2N5O/c1-3-24-21(25-15-17(2)16-26-10-12-29-13-11-26)28-8-6-27(7-9-28)20-14-18(22)4-5-19(20)23/h4-5,14,17H,3,6-13,15-16H2,1-2H3,(H,24,25). The first-order valence-electron chi connectivity index (χ1n) is 10.6. The van der Waals surface area contributed by atoms with Crippen molar-refractivity contribution in [1.29, 1.82) is 0 Å². The maximum absolute atomic E-state index is 14.1. The Bertz CT molecular complexity index is 673. The first-order valence-corrected chi connectivity index (χ1v) is 10.6. The molecule has 0 saturated carbocycles. The summed E-state index contributed by atoms with van der Waals surface area (Å²) in [6.45, 7) is 13.2. The van der Waals surface area contributed by atoms with Gasteiger partial charge in [0.1, 0.15) is 11.6 Å². The Labute approximate surface area is 172 Å². The molecule has 0 bridgehead atoms. The minimum atomic E-state index is -0.409. The van der Waals surface area contributed by atoms with Crippen LogP contribution in [0, 0.1) is 17.6 Å². The molecule has 1 aromatic rings. The van der Waals surface area contributed by atoms with Crippen LogP contribution in [0.3, 0.4) is 0 Å². The van der Waals surface area contributed by atoms with E-state index in [2.05, 4.69) is 29.0 Å². The summed E-state index contributed by atoms with van der Waals surface area (Å²) in [4.78, 5) is 11.4.